The molecular formula is C21H19ClN2O3. The van der Waals surface area contributed by atoms with Crippen LogP contribution in [0.3, 0.4) is 0 Å². The lowest BCUT2D eigenvalue weighted by atomic mass is 10.1. The molecular weight excluding hydrogens is 364 g/mol. The van der Waals surface area contributed by atoms with Crippen molar-refractivity contribution in [2.45, 2.75) is 13.8 Å². The number of aryl methyl sites for hydroxylation is 2. The van der Waals surface area contributed by atoms with Gasteiger partial charge in [-0.1, -0.05) is 29.8 Å². The molecule has 2 aromatic carbocycles. The van der Waals surface area contributed by atoms with E-state index in [9.17, 15) is 4.79 Å². The lowest BCUT2D eigenvalue weighted by Gasteiger charge is -2.07. The van der Waals surface area contributed by atoms with E-state index in [1.807, 2.05) is 56.3 Å². The smallest absolute Gasteiger partial charge is 0.277 e. The first kappa shape index (κ1) is 18.7. The number of hydrogen-bond acceptors (Lipinski definition) is 4. The van der Waals surface area contributed by atoms with Gasteiger partial charge in [-0.3, -0.25) is 4.79 Å². The van der Waals surface area contributed by atoms with Gasteiger partial charge in [-0.2, -0.15) is 5.10 Å². The molecule has 0 bridgehead atoms. The Bertz CT molecular complexity index is 959. The summed E-state index contributed by atoms with van der Waals surface area (Å²) < 4.78 is 11.2. The van der Waals surface area contributed by atoms with Crippen LogP contribution in [0.25, 0.3) is 11.3 Å². The molecule has 0 radical (unpaired) electrons. The average molecular weight is 383 g/mol. The lowest BCUT2D eigenvalue weighted by Crippen LogP contribution is -2.24. The van der Waals surface area contributed by atoms with Gasteiger partial charge in [-0.15, -0.1) is 0 Å². The van der Waals surface area contributed by atoms with Gasteiger partial charge in [0.05, 0.1) is 6.21 Å². The topological polar surface area (TPSA) is 63.8 Å². The lowest BCUT2D eigenvalue weighted by molar-refractivity contribution is -0.123. The zero-order chi connectivity index (χ0) is 19.2. The minimum atomic E-state index is -0.355. The number of ether oxygens (including phenoxy) is 1. The van der Waals surface area contributed by atoms with Crippen LogP contribution in [0.1, 0.15) is 16.9 Å². The van der Waals surface area contributed by atoms with E-state index in [1.165, 1.54) is 6.21 Å². The van der Waals surface area contributed by atoms with Crippen LogP contribution >= 0.6 is 11.6 Å². The summed E-state index contributed by atoms with van der Waals surface area (Å²) in [6.07, 6.45) is 1.43. The summed E-state index contributed by atoms with van der Waals surface area (Å²) >= 11 is 5.98. The third kappa shape index (κ3) is 5.46. The number of rotatable bonds is 6. The van der Waals surface area contributed by atoms with Gasteiger partial charge in [0, 0.05) is 10.6 Å². The van der Waals surface area contributed by atoms with E-state index in [1.54, 1.807) is 12.1 Å². The van der Waals surface area contributed by atoms with Crippen molar-refractivity contribution < 1.29 is 13.9 Å². The summed E-state index contributed by atoms with van der Waals surface area (Å²) in [6, 6.07) is 16.7. The van der Waals surface area contributed by atoms with Gasteiger partial charge >= 0.3 is 0 Å². The molecule has 0 unspecified atom stereocenters. The molecule has 3 rings (SSSR count). The second kappa shape index (κ2) is 8.56. The van der Waals surface area contributed by atoms with E-state index in [0.717, 1.165) is 16.7 Å². The molecule has 1 N–H and O–H groups in total. The van der Waals surface area contributed by atoms with E-state index in [-0.39, 0.29) is 12.5 Å². The largest absolute Gasteiger partial charge is 0.484 e. The number of hydrazone groups is 1. The van der Waals surface area contributed by atoms with Crippen LogP contribution in [0.5, 0.6) is 5.75 Å². The number of benzene rings is 2. The van der Waals surface area contributed by atoms with Crippen LogP contribution in [0.15, 0.2) is 64.1 Å². The minimum absolute atomic E-state index is 0.119. The fourth-order valence-electron chi connectivity index (χ4n) is 2.58. The number of nitrogens with one attached hydrogen (secondary N) is 1. The van der Waals surface area contributed by atoms with Gasteiger partial charge in [0.25, 0.3) is 5.91 Å². The second-order valence-electron chi connectivity index (χ2n) is 6.12. The summed E-state index contributed by atoms with van der Waals surface area (Å²) in [4.78, 5) is 11.8. The monoisotopic (exact) mass is 382 g/mol. The Labute approximate surface area is 162 Å². The van der Waals surface area contributed by atoms with Crippen molar-refractivity contribution in [1.29, 1.82) is 0 Å². The van der Waals surface area contributed by atoms with E-state index < -0.39 is 0 Å². The van der Waals surface area contributed by atoms with Crippen LogP contribution in [0, 0.1) is 13.8 Å². The highest BCUT2D eigenvalue weighted by molar-refractivity contribution is 6.30. The highest BCUT2D eigenvalue weighted by atomic mass is 35.5. The van der Waals surface area contributed by atoms with E-state index in [0.29, 0.717) is 22.3 Å². The maximum absolute atomic E-state index is 11.8. The van der Waals surface area contributed by atoms with Crippen LogP contribution < -0.4 is 10.2 Å². The molecule has 0 aliphatic carbocycles. The van der Waals surface area contributed by atoms with Gasteiger partial charge in [0.1, 0.15) is 17.3 Å². The number of carbonyl (C=O) groups is 1. The Hall–Kier alpha value is -3.05. The molecule has 0 saturated carbocycles. The fourth-order valence-corrected chi connectivity index (χ4v) is 2.77. The summed E-state index contributed by atoms with van der Waals surface area (Å²) in [5, 5.41) is 4.52. The van der Waals surface area contributed by atoms with Crippen molar-refractivity contribution in [3.63, 3.8) is 0 Å². The first-order valence-corrected chi connectivity index (χ1v) is 8.76. The maximum Gasteiger partial charge on any atom is 0.277 e. The van der Waals surface area contributed by atoms with Crippen molar-refractivity contribution >= 4 is 23.7 Å². The molecule has 3 aromatic rings. The molecule has 1 aromatic heterocycles. The van der Waals surface area contributed by atoms with E-state index in [2.05, 4.69) is 10.5 Å². The predicted molar refractivity (Wildman–Crippen MR) is 106 cm³/mol. The number of carbonyl (C=O) groups excluding carboxylic acids is 1. The molecule has 1 amide bonds. The van der Waals surface area contributed by atoms with Crippen molar-refractivity contribution in [3.05, 3.63) is 76.5 Å². The van der Waals surface area contributed by atoms with Crippen molar-refractivity contribution in [3.8, 4) is 17.1 Å². The van der Waals surface area contributed by atoms with Crippen LogP contribution in [0.2, 0.25) is 5.02 Å². The molecule has 0 aliphatic heterocycles. The van der Waals surface area contributed by atoms with Crippen LogP contribution in [-0.2, 0) is 4.79 Å². The Morgan fingerprint density at radius 1 is 1.15 bits per heavy atom. The second-order valence-corrected chi connectivity index (χ2v) is 6.55. The Kier molecular flexibility index (Phi) is 5.94. The van der Waals surface area contributed by atoms with Gasteiger partial charge in [0.15, 0.2) is 6.61 Å². The number of hydrogen-bond donors (Lipinski definition) is 1. The van der Waals surface area contributed by atoms with Gasteiger partial charge in [0.2, 0.25) is 0 Å². The van der Waals surface area contributed by atoms with Gasteiger partial charge < -0.3 is 9.15 Å². The first-order chi connectivity index (χ1) is 13.0. The van der Waals surface area contributed by atoms with Gasteiger partial charge in [-0.05, 0) is 61.4 Å². The molecule has 0 aliphatic rings. The van der Waals surface area contributed by atoms with Crippen molar-refractivity contribution in [2.24, 2.45) is 5.10 Å². The fraction of sp³-hybridized carbons (Fsp3) is 0.143. The molecule has 1 heterocycles. The van der Waals surface area contributed by atoms with Crippen molar-refractivity contribution in [2.75, 3.05) is 6.61 Å². The van der Waals surface area contributed by atoms with E-state index >= 15 is 0 Å². The molecule has 6 heteroatoms. The van der Waals surface area contributed by atoms with Crippen LogP contribution in [0.4, 0.5) is 0 Å². The zero-order valence-corrected chi connectivity index (χ0v) is 15.8. The highest BCUT2D eigenvalue weighted by Gasteiger charge is 2.05. The van der Waals surface area contributed by atoms with E-state index in [4.69, 9.17) is 20.8 Å². The van der Waals surface area contributed by atoms with Gasteiger partial charge in [-0.25, -0.2) is 5.43 Å². The number of furan rings is 1. The van der Waals surface area contributed by atoms with Crippen molar-refractivity contribution in [1.82, 2.24) is 5.43 Å². The molecule has 5 nitrogen and oxygen atoms in total. The Balaban J connectivity index is 1.52. The maximum atomic E-state index is 11.8. The summed E-state index contributed by atoms with van der Waals surface area (Å²) in [7, 11) is 0. The molecule has 0 spiro atoms. The molecule has 138 valence electrons. The standard InChI is InChI=1S/C21H19ClN2O3/c1-14-8-15(2)10-19(9-14)26-13-21(25)24-23-12-18-6-7-20(27-18)16-4-3-5-17(22)11-16/h3-12H,13H2,1-2H3,(H,24,25)/b23-12+. The molecule has 27 heavy (non-hydrogen) atoms. The summed E-state index contributed by atoms with van der Waals surface area (Å²) in [6.45, 7) is 3.84. The minimum Gasteiger partial charge on any atom is -0.484 e. The summed E-state index contributed by atoms with van der Waals surface area (Å²) in [5.41, 5.74) is 5.44. The Morgan fingerprint density at radius 3 is 2.67 bits per heavy atom. The third-order valence-corrected chi connectivity index (χ3v) is 3.92. The number of nitrogens with zero attached hydrogens (tertiary/aromatic N) is 1. The number of halogens is 1. The first-order valence-electron chi connectivity index (χ1n) is 8.38. The summed E-state index contributed by atoms with van der Waals surface area (Å²) in [5.74, 6) is 1.49. The normalized spacial score (nSPS) is 10.9. The highest BCUT2D eigenvalue weighted by Crippen LogP contribution is 2.24. The molecule has 0 saturated heterocycles. The SMILES string of the molecule is Cc1cc(C)cc(OCC(=O)N/N=C/c2ccc(-c3cccc(Cl)c3)o2)c1. The predicted octanol–water partition coefficient (Wildman–Crippen LogP) is 4.75. The number of amides is 1. The zero-order valence-electron chi connectivity index (χ0n) is 15.0. The van der Waals surface area contributed by atoms with Crippen LogP contribution in [-0.4, -0.2) is 18.7 Å². The quantitative estimate of drug-likeness (QED) is 0.494. The molecule has 0 fully saturated rings. The molecule has 0 atom stereocenters. The Morgan fingerprint density at radius 2 is 1.93 bits per heavy atom. The average Bonchev–Trinajstić information content (AvgIpc) is 3.08. The third-order valence-electron chi connectivity index (χ3n) is 3.68.